The minimum atomic E-state index is -1.37. The van der Waals surface area contributed by atoms with E-state index >= 15 is 0 Å². The van der Waals surface area contributed by atoms with Crippen molar-refractivity contribution in [2.75, 3.05) is 19.8 Å². The van der Waals surface area contributed by atoms with Gasteiger partial charge in [0, 0.05) is 13.5 Å². The Labute approximate surface area is 106 Å². The molecule has 7 nitrogen and oxygen atoms in total. The molecule has 0 aliphatic heterocycles. The Hall–Kier alpha value is -1.63. The summed E-state index contributed by atoms with van der Waals surface area (Å²) < 4.78 is 9.24. The minimum Gasteiger partial charge on any atom is -0.464 e. The zero-order valence-electron chi connectivity index (χ0n) is 11.2. The molecule has 18 heavy (non-hydrogen) atoms. The van der Waals surface area contributed by atoms with E-state index in [9.17, 15) is 14.4 Å². The largest absolute Gasteiger partial charge is 0.464 e. The molecule has 0 saturated heterocycles. The summed E-state index contributed by atoms with van der Waals surface area (Å²) in [5, 5.41) is 9.73. The average Bonchev–Trinajstić information content (AvgIpc) is 2.27. The van der Waals surface area contributed by atoms with Crippen molar-refractivity contribution >= 4 is 17.8 Å². The molecule has 7 heteroatoms. The van der Waals surface area contributed by atoms with Crippen LogP contribution in [0.15, 0.2) is 0 Å². The molecule has 106 valence electrons. The number of amides is 1. The monoisotopic (exact) mass is 263 g/mol. The predicted molar refractivity (Wildman–Crippen MR) is 63.6 cm³/mol. The molecule has 1 amide bonds. The Morgan fingerprint density at radius 3 is 1.61 bits per heavy atom. The van der Waals surface area contributed by atoms with Crippen molar-refractivity contribution in [1.29, 1.82) is 0 Å². The zero-order valence-corrected chi connectivity index (χ0v) is 11.2. The minimum absolute atomic E-state index is 0.133. The molecule has 0 spiro atoms. The van der Waals surface area contributed by atoms with E-state index in [1.807, 2.05) is 0 Å². The SMILES string of the molecule is CCO.CCOC(=O)C(NC(C)=O)C(=O)OCC. The van der Waals surface area contributed by atoms with E-state index < -0.39 is 23.9 Å². The third-order valence-electron chi connectivity index (χ3n) is 1.39. The predicted octanol–water partition coefficient (Wildman–Crippen LogP) is -0.384. The maximum atomic E-state index is 11.3. The lowest BCUT2D eigenvalue weighted by Gasteiger charge is -2.14. The van der Waals surface area contributed by atoms with Gasteiger partial charge in [0.2, 0.25) is 11.9 Å². The van der Waals surface area contributed by atoms with Crippen LogP contribution < -0.4 is 5.32 Å². The highest BCUT2D eigenvalue weighted by Crippen LogP contribution is 1.94. The lowest BCUT2D eigenvalue weighted by molar-refractivity contribution is -0.159. The van der Waals surface area contributed by atoms with Gasteiger partial charge in [0.15, 0.2) is 0 Å². The molecular weight excluding hydrogens is 242 g/mol. The number of aliphatic hydroxyl groups excluding tert-OH is 1. The Balaban J connectivity index is 0. The molecule has 0 aliphatic rings. The molecule has 2 N–H and O–H groups in total. The fourth-order valence-electron chi connectivity index (χ4n) is 0.869. The number of hydrogen-bond acceptors (Lipinski definition) is 6. The highest BCUT2D eigenvalue weighted by molar-refractivity contribution is 6.02. The number of carbonyl (C=O) groups is 3. The highest BCUT2D eigenvalue weighted by atomic mass is 16.6. The Morgan fingerprint density at radius 2 is 1.39 bits per heavy atom. The van der Waals surface area contributed by atoms with Crippen LogP contribution in [0.1, 0.15) is 27.7 Å². The molecule has 0 fully saturated rings. The zero-order chi connectivity index (χ0) is 14.6. The first-order valence-electron chi connectivity index (χ1n) is 5.65. The fraction of sp³-hybridized carbons (Fsp3) is 0.727. The molecule has 0 heterocycles. The molecule has 0 radical (unpaired) electrons. The van der Waals surface area contributed by atoms with Crippen molar-refractivity contribution in [2.45, 2.75) is 33.7 Å². The van der Waals surface area contributed by atoms with E-state index in [1.54, 1.807) is 20.8 Å². The summed E-state index contributed by atoms with van der Waals surface area (Å²) in [4.78, 5) is 33.3. The molecule has 0 atom stereocenters. The summed E-state index contributed by atoms with van der Waals surface area (Å²) in [6, 6.07) is -1.37. The van der Waals surface area contributed by atoms with Crippen molar-refractivity contribution in [3.8, 4) is 0 Å². The van der Waals surface area contributed by atoms with Crippen LogP contribution in [0.2, 0.25) is 0 Å². The lowest BCUT2D eigenvalue weighted by Crippen LogP contribution is -2.47. The Kier molecular flexibility index (Phi) is 12.3. The van der Waals surface area contributed by atoms with E-state index in [0.717, 1.165) is 0 Å². The molecule has 0 rings (SSSR count). The fourth-order valence-corrected chi connectivity index (χ4v) is 0.869. The maximum absolute atomic E-state index is 11.3. The summed E-state index contributed by atoms with van der Waals surface area (Å²) in [5.41, 5.74) is 0. The van der Waals surface area contributed by atoms with Gasteiger partial charge >= 0.3 is 11.9 Å². The van der Waals surface area contributed by atoms with Gasteiger partial charge in [0.05, 0.1) is 13.2 Å². The van der Waals surface area contributed by atoms with E-state index in [4.69, 9.17) is 5.11 Å². The number of ether oxygens (including phenoxy) is 2. The lowest BCUT2D eigenvalue weighted by atomic mass is 10.3. The van der Waals surface area contributed by atoms with E-state index in [0.29, 0.717) is 0 Å². The van der Waals surface area contributed by atoms with Gasteiger partial charge in [-0.15, -0.1) is 0 Å². The number of nitrogens with one attached hydrogen (secondary N) is 1. The van der Waals surface area contributed by atoms with Gasteiger partial charge in [-0.25, -0.2) is 9.59 Å². The Bertz CT molecular complexity index is 248. The topological polar surface area (TPSA) is 102 Å². The second-order valence-electron chi connectivity index (χ2n) is 2.95. The van der Waals surface area contributed by atoms with Gasteiger partial charge in [0.1, 0.15) is 0 Å². The van der Waals surface area contributed by atoms with Crippen molar-refractivity contribution in [3.63, 3.8) is 0 Å². The highest BCUT2D eigenvalue weighted by Gasteiger charge is 2.30. The number of hydrogen-bond donors (Lipinski definition) is 2. The van der Waals surface area contributed by atoms with Crippen molar-refractivity contribution in [2.24, 2.45) is 0 Å². The number of esters is 2. The van der Waals surface area contributed by atoms with Gasteiger partial charge in [-0.3, -0.25) is 4.79 Å². The third kappa shape index (κ3) is 9.59. The van der Waals surface area contributed by atoms with Crippen LogP contribution in [-0.2, 0) is 23.9 Å². The summed E-state index contributed by atoms with van der Waals surface area (Å²) in [7, 11) is 0. The van der Waals surface area contributed by atoms with Gasteiger partial charge in [-0.05, 0) is 20.8 Å². The molecule has 0 bridgehead atoms. The van der Waals surface area contributed by atoms with Crippen LogP contribution in [0.25, 0.3) is 0 Å². The first kappa shape index (κ1) is 18.7. The van der Waals surface area contributed by atoms with Crippen LogP contribution in [-0.4, -0.2) is 48.8 Å². The number of rotatable bonds is 5. The van der Waals surface area contributed by atoms with Crippen molar-refractivity contribution in [3.05, 3.63) is 0 Å². The van der Waals surface area contributed by atoms with Gasteiger partial charge in [0.25, 0.3) is 0 Å². The summed E-state index contributed by atoms with van der Waals surface area (Å²) in [6.45, 7) is 6.61. The van der Waals surface area contributed by atoms with Gasteiger partial charge in [-0.1, -0.05) is 0 Å². The van der Waals surface area contributed by atoms with E-state index in [1.165, 1.54) is 6.92 Å². The van der Waals surface area contributed by atoms with Crippen LogP contribution in [0.3, 0.4) is 0 Å². The van der Waals surface area contributed by atoms with Gasteiger partial charge in [-0.2, -0.15) is 0 Å². The molecule has 0 aromatic heterocycles. The second kappa shape index (κ2) is 11.8. The van der Waals surface area contributed by atoms with E-state index in [2.05, 4.69) is 14.8 Å². The van der Waals surface area contributed by atoms with Crippen LogP contribution >= 0.6 is 0 Å². The molecule has 0 unspecified atom stereocenters. The smallest absolute Gasteiger partial charge is 0.340 e. The summed E-state index contributed by atoms with van der Waals surface area (Å²) >= 11 is 0. The second-order valence-corrected chi connectivity index (χ2v) is 2.95. The van der Waals surface area contributed by atoms with Crippen molar-refractivity contribution < 1.29 is 29.0 Å². The standard InChI is InChI=1S/C9H15NO5.C2H6O/c1-4-14-8(12)7(10-6(3)11)9(13)15-5-2;1-2-3/h7H,4-5H2,1-3H3,(H,10,11);3H,2H2,1H3. The van der Waals surface area contributed by atoms with Crippen LogP contribution in [0.5, 0.6) is 0 Å². The normalized spacial score (nSPS) is 9.00. The van der Waals surface area contributed by atoms with Gasteiger partial charge < -0.3 is 19.9 Å². The summed E-state index contributed by atoms with van der Waals surface area (Å²) in [6.07, 6.45) is 0. The number of carbonyl (C=O) groups excluding carboxylic acids is 3. The average molecular weight is 263 g/mol. The van der Waals surface area contributed by atoms with Crippen LogP contribution in [0, 0.1) is 0 Å². The molecule has 0 aromatic carbocycles. The quantitative estimate of drug-likeness (QED) is 0.517. The first-order valence-corrected chi connectivity index (χ1v) is 5.65. The van der Waals surface area contributed by atoms with Crippen molar-refractivity contribution in [1.82, 2.24) is 5.32 Å². The Morgan fingerprint density at radius 1 is 1.06 bits per heavy atom. The van der Waals surface area contributed by atoms with Crippen LogP contribution in [0.4, 0.5) is 0 Å². The summed E-state index contributed by atoms with van der Waals surface area (Å²) in [5.74, 6) is -2.13. The number of aliphatic hydroxyl groups is 1. The molecular formula is C11H21NO6. The molecule has 0 saturated carbocycles. The molecule has 0 aliphatic carbocycles. The third-order valence-corrected chi connectivity index (χ3v) is 1.39. The van der Waals surface area contributed by atoms with E-state index in [-0.39, 0.29) is 19.8 Å². The first-order chi connectivity index (χ1) is 8.44. The molecule has 0 aromatic rings. The maximum Gasteiger partial charge on any atom is 0.340 e.